The van der Waals surface area contributed by atoms with Crippen molar-refractivity contribution >= 4 is 26.6 Å². The van der Waals surface area contributed by atoms with Crippen LogP contribution in [0.5, 0.6) is 0 Å². The number of sulfonamides is 1. The van der Waals surface area contributed by atoms with E-state index in [1.807, 2.05) is 52.9 Å². The summed E-state index contributed by atoms with van der Waals surface area (Å²) >= 11 is 0. The highest BCUT2D eigenvalue weighted by atomic mass is 32.2. The molecule has 4 rings (SSSR count). The van der Waals surface area contributed by atoms with Crippen LogP contribution in [0, 0.1) is 13.8 Å². The number of hydrogen-bond donors (Lipinski definition) is 1. The summed E-state index contributed by atoms with van der Waals surface area (Å²) in [5, 5.41) is 0.852. The van der Waals surface area contributed by atoms with Crippen LogP contribution in [0.3, 0.4) is 0 Å². The van der Waals surface area contributed by atoms with E-state index in [2.05, 4.69) is 9.71 Å². The lowest BCUT2D eigenvalue weighted by atomic mass is 10.0. The van der Waals surface area contributed by atoms with Gasteiger partial charge in [-0.1, -0.05) is 32.0 Å². The van der Waals surface area contributed by atoms with Gasteiger partial charge in [0.2, 0.25) is 0 Å². The minimum atomic E-state index is -3.84. The number of fused-ring (bicyclic) bond motifs is 1. The highest BCUT2D eigenvalue weighted by molar-refractivity contribution is 7.92. The van der Waals surface area contributed by atoms with Gasteiger partial charge in [-0.25, -0.2) is 13.1 Å². The SMILES string of the molecule is Cc1ccc2cccc(NS(=O)(=O)c3ccc(-n4c(=O)c(C(C)C)c(C)n4C)cc3)c2n1. The molecule has 0 radical (unpaired) electrons. The highest BCUT2D eigenvalue weighted by Crippen LogP contribution is 2.25. The molecule has 7 nitrogen and oxygen atoms in total. The molecule has 0 aliphatic carbocycles. The predicted molar refractivity (Wildman–Crippen MR) is 127 cm³/mol. The quantitative estimate of drug-likeness (QED) is 0.492. The molecular formula is C24H26N4O3S. The Morgan fingerprint density at radius 3 is 2.28 bits per heavy atom. The van der Waals surface area contributed by atoms with E-state index in [9.17, 15) is 13.2 Å². The molecule has 0 spiro atoms. The van der Waals surface area contributed by atoms with Gasteiger partial charge < -0.3 is 0 Å². The van der Waals surface area contributed by atoms with Gasteiger partial charge in [0.15, 0.2) is 0 Å². The van der Waals surface area contributed by atoms with E-state index in [1.165, 1.54) is 12.1 Å². The van der Waals surface area contributed by atoms with E-state index in [0.717, 1.165) is 22.3 Å². The van der Waals surface area contributed by atoms with Crippen molar-refractivity contribution in [1.82, 2.24) is 14.3 Å². The summed E-state index contributed by atoms with van der Waals surface area (Å²) in [7, 11) is -2.01. The lowest BCUT2D eigenvalue weighted by Gasteiger charge is -2.12. The second-order valence-corrected chi connectivity index (χ2v) is 9.91. The number of aryl methyl sites for hydroxylation is 1. The Morgan fingerprint density at radius 1 is 0.969 bits per heavy atom. The van der Waals surface area contributed by atoms with Gasteiger partial charge in [0, 0.05) is 29.4 Å². The number of rotatable bonds is 5. The fourth-order valence-electron chi connectivity index (χ4n) is 3.98. The molecule has 32 heavy (non-hydrogen) atoms. The molecule has 0 aliphatic heterocycles. The van der Waals surface area contributed by atoms with Gasteiger partial charge in [0.05, 0.1) is 21.8 Å². The van der Waals surface area contributed by atoms with Crippen LogP contribution in [0.2, 0.25) is 0 Å². The zero-order chi connectivity index (χ0) is 23.2. The highest BCUT2D eigenvalue weighted by Gasteiger charge is 2.20. The van der Waals surface area contributed by atoms with Crippen LogP contribution in [0.4, 0.5) is 5.69 Å². The van der Waals surface area contributed by atoms with Gasteiger partial charge >= 0.3 is 0 Å². The largest absolute Gasteiger partial charge is 0.285 e. The Bertz CT molecular complexity index is 1480. The van der Waals surface area contributed by atoms with Crippen LogP contribution < -0.4 is 10.3 Å². The first kappa shape index (κ1) is 21.8. The molecular weight excluding hydrogens is 424 g/mol. The Labute approximate surface area is 187 Å². The second-order valence-electron chi connectivity index (χ2n) is 8.22. The second kappa shape index (κ2) is 7.94. The Hall–Kier alpha value is -3.39. The zero-order valence-corrected chi connectivity index (χ0v) is 19.6. The maximum Gasteiger partial charge on any atom is 0.275 e. The summed E-state index contributed by atoms with van der Waals surface area (Å²) in [6, 6.07) is 15.5. The van der Waals surface area contributed by atoms with Crippen LogP contribution in [0.1, 0.15) is 36.7 Å². The fraction of sp³-hybridized carbons (Fsp3) is 0.250. The van der Waals surface area contributed by atoms with Gasteiger partial charge in [0.25, 0.3) is 15.6 Å². The molecule has 0 atom stereocenters. The Kier molecular flexibility index (Phi) is 5.42. The maximum absolute atomic E-state index is 13.0. The third kappa shape index (κ3) is 3.71. The molecule has 2 aromatic heterocycles. The van der Waals surface area contributed by atoms with E-state index in [4.69, 9.17) is 0 Å². The molecule has 4 aromatic rings. The normalized spacial score (nSPS) is 11.9. The number of anilines is 1. The number of nitrogens with zero attached hydrogens (tertiary/aromatic N) is 3. The van der Waals surface area contributed by atoms with Crippen molar-refractivity contribution < 1.29 is 8.42 Å². The van der Waals surface area contributed by atoms with Crippen molar-refractivity contribution in [2.75, 3.05) is 4.72 Å². The van der Waals surface area contributed by atoms with Crippen molar-refractivity contribution in [3.8, 4) is 5.69 Å². The average Bonchev–Trinajstić information content (AvgIpc) is 2.96. The zero-order valence-electron chi connectivity index (χ0n) is 18.7. The van der Waals surface area contributed by atoms with Crippen molar-refractivity contribution in [3.63, 3.8) is 0 Å². The molecule has 0 unspecified atom stereocenters. The van der Waals surface area contributed by atoms with E-state index in [1.54, 1.807) is 33.6 Å². The fourth-order valence-corrected chi connectivity index (χ4v) is 5.05. The topological polar surface area (TPSA) is 86.0 Å². The van der Waals surface area contributed by atoms with E-state index in [-0.39, 0.29) is 16.4 Å². The minimum absolute atomic E-state index is 0.0917. The van der Waals surface area contributed by atoms with Gasteiger partial charge in [-0.3, -0.25) is 19.2 Å². The molecule has 166 valence electrons. The standard InChI is InChI=1S/C24H26N4O3S/c1-15(2)22-17(4)27(5)28(24(22)29)19-11-13-20(14-12-19)32(30,31)26-21-8-6-7-18-10-9-16(3)25-23(18)21/h6-15,26H,1-5H3. The lowest BCUT2D eigenvalue weighted by molar-refractivity contribution is 0.601. The van der Waals surface area contributed by atoms with E-state index in [0.29, 0.717) is 16.9 Å². The molecule has 0 saturated carbocycles. The molecule has 0 saturated heterocycles. The van der Waals surface area contributed by atoms with Gasteiger partial charge in [0.1, 0.15) is 0 Å². The van der Waals surface area contributed by atoms with Crippen LogP contribution in [0.15, 0.2) is 64.3 Å². The third-order valence-corrected chi connectivity index (χ3v) is 7.05. The summed E-state index contributed by atoms with van der Waals surface area (Å²) in [5.41, 5.74) is 3.98. The molecule has 0 fully saturated rings. The van der Waals surface area contributed by atoms with Crippen LogP contribution in [-0.4, -0.2) is 22.8 Å². The first-order valence-corrected chi connectivity index (χ1v) is 11.9. The number of hydrogen-bond acceptors (Lipinski definition) is 4. The Balaban J connectivity index is 1.71. The van der Waals surface area contributed by atoms with Crippen LogP contribution >= 0.6 is 0 Å². The van der Waals surface area contributed by atoms with Crippen molar-refractivity contribution in [1.29, 1.82) is 0 Å². The van der Waals surface area contributed by atoms with Gasteiger partial charge in [-0.05, 0) is 56.2 Å². The summed E-state index contributed by atoms with van der Waals surface area (Å²) in [4.78, 5) is 17.5. The summed E-state index contributed by atoms with van der Waals surface area (Å²) in [6.45, 7) is 7.75. The number of aromatic nitrogens is 3. The molecule has 0 bridgehead atoms. The number of benzene rings is 2. The molecule has 2 heterocycles. The van der Waals surface area contributed by atoms with E-state index < -0.39 is 10.0 Å². The molecule has 0 amide bonds. The number of para-hydroxylation sites is 1. The summed E-state index contributed by atoms with van der Waals surface area (Å²) in [5.74, 6) is 0.0942. The van der Waals surface area contributed by atoms with Gasteiger partial charge in [-0.15, -0.1) is 0 Å². The van der Waals surface area contributed by atoms with Crippen molar-refractivity contribution in [2.24, 2.45) is 7.05 Å². The van der Waals surface area contributed by atoms with E-state index >= 15 is 0 Å². The smallest absolute Gasteiger partial charge is 0.275 e. The first-order valence-electron chi connectivity index (χ1n) is 10.4. The molecule has 0 aliphatic rings. The Morgan fingerprint density at radius 2 is 1.66 bits per heavy atom. The lowest BCUT2D eigenvalue weighted by Crippen LogP contribution is -2.21. The summed E-state index contributed by atoms with van der Waals surface area (Å²) in [6.07, 6.45) is 0. The number of pyridine rings is 1. The average molecular weight is 451 g/mol. The molecule has 8 heteroatoms. The van der Waals surface area contributed by atoms with Crippen molar-refractivity contribution in [3.05, 3.63) is 81.9 Å². The third-order valence-electron chi connectivity index (χ3n) is 5.67. The monoisotopic (exact) mass is 450 g/mol. The van der Waals surface area contributed by atoms with Crippen LogP contribution in [-0.2, 0) is 17.1 Å². The first-order chi connectivity index (χ1) is 15.1. The van der Waals surface area contributed by atoms with Gasteiger partial charge in [-0.2, -0.15) is 0 Å². The van der Waals surface area contributed by atoms with Crippen LogP contribution in [0.25, 0.3) is 16.6 Å². The maximum atomic E-state index is 13.0. The number of nitrogens with one attached hydrogen (secondary N) is 1. The molecule has 2 aromatic carbocycles. The van der Waals surface area contributed by atoms with Crippen molar-refractivity contribution in [2.45, 2.75) is 38.5 Å². The molecule has 1 N–H and O–H groups in total. The summed E-state index contributed by atoms with van der Waals surface area (Å²) < 4.78 is 32.1. The minimum Gasteiger partial charge on any atom is -0.285 e. The predicted octanol–water partition coefficient (Wildman–Crippen LogP) is 4.27.